The van der Waals surface area contributed by atoms with E-state index < -0.39 is 0 Å². The van der Waals surface area contributed by atoms with E-state index in [1.54, 1.807) is 0 Å². The Morgan fingerprint density at radius 2 is 1.76 bits per heavy atom. The third-order valence-corrected chi connectivity index (χ3v) is 2.85. The molecule has 0 aliphatic rings. The zero-order valence-electron chi connectivity index (χ0n) is 11.5. The quantitative estimate of drug-likeness (QED) is 0.169. The first-order chi connectivity index (χ1) is 8.12. The minimum atomic E-state index is 0.159. The lowest BCUT2D eigenvalue weighted by Crippen LogP contribution is -2.18. The van der Waals surface area contributed by atoms with Gasteiger partial charge in [-0.2, -0.15) is 0 Å². The SMILES string of the molecule is CCCCCCCCC(C)(C)CO/C=N\N=[N-]. The lowest BCUT2D eigenvalue weighted by Gasteiger charge is -2.23. The van der Waals surface area contributed by atoms with E-state index in [1.165, 1.54) is 44.9 Å². The van der Waals surface area contributed by atoms with Crippen molar-refractivity contribution in [3.05, 3.63) is 5.53 Å². The summed E-state index contributed by atoms with van der Waals surface area (Å²) in [7, 11) is 0. The van der Waals surface area contributed by atoms with Gasteiger partial charge in [0.2, 0.25) is 0 Å². The Balaban J connectivity index is 3.49. The maximum absolute atomic E-state index is 8.09. The van der Waals surface area contributed by atoms with Crippen LogP contribution in [0, 0.1) is 5.41 Å². The summed E-state index contributed by atoms with van der Waals surface area (Å²) in [6.45, 7) is 7.22. The molecular formula is C13H26N3O-. The molecule has 0 aromatic rings. The van der Waals surface area contributed by atoms with E-state index in [4.69, 9.17) is 10.3 Å². The summed E-state index contributed by atoms with van der Waals surface area (Å²) in [5.41, 5.74) is 8.25. The second kappa shape index (κ2) is 10.2. The van der Waals surface area contributed by atoms with Gasteiger partial charge in [0.05, 0.1) is 13.0 Å². The van der Waals surface area contributed by atoms with Gasteiger partial charge in [-0.05, 0) is 11.8 Å². The summed E-state index contributed by atoms with van der Waals surface area (Å²) in [4.78, 5) is 0. The van der Waals surface area contributed by atoms with E-state index in [0.29, 0.717) is 6.61 Å². The van der Waals surface area contributed by atoms with Crippen LogP contribution in [0.2, 0.25) is 0 Å². The molecule has 4 nitrogen and oxygen atoms in total. The van der Waals surface area contributed by atoms with Crippen LogP contribution < -0.4 is 0 Å². The maximum Gasteiger partial charge on any atom is 0.0919 e. The van der Waals surface area contributed by atoms with Gasteiger partial charge in [-0.25, -0.2) is 0 Å². The van der Waals surface area contributed by atoms with Crippen LogP contribution in [0.25, 0.3) is 5.53 Å². The molecule has 0 saturated carbocycles. The molecule has 0 saturated heterocycles. The van der Waals surface area contributed by atoms with Gasteiger partial charge in [-0.3, -0.25) is 5.22 Å². The van der Waals surface area contributed by atoms with Crippen molar-refractivity contribution in [1.82, 2.24) is 0 Å². The van der Waals surface area contributed by atoms with Crippen LogP contribution in [0.1, 0.15) is 65.7 Å². The van der Waals surface area contributed by atoms with Crippen molar-refractivity contribution < 1.29 is 4.74 Å². The first-order valence-corrected chi connectivity index (χ1v) is 6.60. The van der Waals surface area contributed by atoms with Gasteiger partial charge in [0.1, 0.15) is 0 Å². The Labute approximate surface area is 105 Å². The van der Waals surface area contributed by atoms with E-state index in [9.17, 15) is 0 Å². The molecule has 0 atom stereocenters. The smallest absolute Gasteiger partial charge is 0.0919 e. The largest absolute Gasteiger partial charge is 0.503 e. The molecule has 0 N–H and O–H groups in total. The number of hydrogen-bond acceptors (Lipinski definition) is 2. The Hall–Kier alpha value is -0.930. The van der Waals surface area contributed by atoms with Crippen LogP contribution in [-0.2, 0) is 4.74 Å². The van der Waals surface area contributed by atoms with Crippen molar-refractivity contribution in [3.63, 3.8) is 0 Å². The third-order valence-electron chi connectivity index (χ3n) is 2.85. The second-order valence-corrected chi connectivity index (χ2v) is 5.30. The molecule has 0 aromatic carbocycles. The molecule has 0 heterocycles. The van der Waals surface area contributed by atoms with E-state index in [1.807, 2.05) is 0 Å². The molecule has 17 heavy (non-hydrogen) atoms. The van der Waals surface area contributed by atoms with Gasteiger partial charge in [0.25, 0.3) is 0 Å². The highest BCUT2D eigenvalue weighted by atomic mass is 16.5. The van der Waals surface area contributed by atoms with Gasteiger partial charge >= 0.3 is 0 Å². The first-order valence-electron chi connectivity index (χ1n) is 6.60. The number of unbranched alkanes of at least 4 members (excludes halogenated alkanes) is 5. The molecule has 0 aromatic heterocycles. The van der Waals surface area contributed by atoms with Crippen LogP contribution in [-0.4, -0.2) is 13.0 Å². The van der Waals surface area contributed by atoms with E-state index >= 15 is 0 Å². The number of hydrogen-bond donors (Lipinski definition) is 0. The Morgan fingerprint density at radius 1 is 1.12 bits per heavy atom. The van der Waals surface area contributed by atoms with Crippen molar-refractivity contribution in [2.24, 2.45) is 15.7 Å². The fourth-order valence-corrected chi connectivity index (χ4v) is 1.77. The Morgan fingerprint density at radius 3 is 2.41 bits per heavy atom. The van der Waals surface area contributed by atoms with Crippen molar-refractivity contribution in [1.29, 1.82) is 0 Å². The number of ether oxygens (including phenoxy) is 1. The van der Waals surface area contributed by atoms with Gasteiger partial charge in [0.15, 0.2) is 0 Å². The summed E-state index contributed by atoms with van der Waals surface area (Å²) in [6, 6.07) is 0. The zero-order valence-corrected chi connectivity index (χ0v) is 11.5. The van der Waals surface area contributed by atoms with E-state index in [2.05, 4.69) is 31.1 Å². The molecule has 0 radical (unpaired) electrons. The van der Waals surface area contributed by atoms with Crippen LogP contribution in [0.15, 0.2) is 10.3 Å². The minimum absolute atomic E-state index is 0.159. The summed E-state index contributed by atoms with van der Waals surface area (Å²) in [5, 5.41) is 5.84. The van der Waals surface area contributed by atoms with Crippen LogP contribution in [0.3, 0.4) is 0 Å². The molecule has 100 valence electrons. The number of rotatable bonds is 11. The average molecular weight is 240 g/mol. The fraction of sp³-hybridized carbons (Fsp3) is 0.923. The molecule has 4 heteroatoms. The average Bonchev–Trinajstić information content (AvgIpc) is 2.29. The highest BCUT2D eigenvalue weighted by molar-refractivity contribution is 5.45. The molecule has 0 amide bonds. The summed E-state index contributed by atoms with van der Waals surface area (Å²) in [6.07, 6.45) is 10.3. The molecule has 0 fully saturated rings. The minimum Gasteiger partial charge on any atom is -0.503 e. The van der Waals surface area contributed by atoms with E-state index in [0.717, 1.165) is 6.42 Å². The van der Waals surface area contributed by atoms with Crippen molar-refractivity contribution in [2.45, 2.75) is 65.7 Å². The van der Waals surface area contributed by atoms with Crippen molar-refractivity contribution >= 4 is 6.40 Å². The topological polar surface area (TPSA) is 56.2 Å². The lowest BCUT2D eigenvalue weighted by atomic mass is 9.88. The monoisotopic (exact) mass is 240 g/mol. The van der Waals surface area contributed by atoms with Gasteiger partial charge in [-0.15, -0.1) is 0 Å². The highest BCUT2D eigenvalue weighted by Gasteiger charge is 2.17. The molecular weight excluding hydrogens is 214 g/mol. The molecule has 0 aliphatic heterocycles. The lowest BCUT2D eigenvalue weighted by molar-refractivity contribution is 0.163. The highest BCUT2D eigenvalue weighted by Crippen LogP contribution is 2.24. The second-order valence-electron chi connectivity index (χ2n) is 5.30. The summed E-state index contributed by atoms with van der Waals surface area (Å²) < 4.78 is 5.19. The zero-order chi connectivity index (χ0) is 13.0. The molecule has 0 spiro atoms. The molecule has 0 rings (SSSR count). The normalized spacial score (nSPS) is 11.9. The van der Waals surface area contributed by atoms with Crippen LogP contribution >= 0.6 is 0 Å². The summed E-state index contributed by atoms with van der Waals surface area (Å²) >= 11 is 0. The van der Waals surface area contributed by atoms with Crippen molar-refractivity contribution in [2.75, 3.05) is 6.61 Å². The van der Waals surface area contributed by atoms with Crippen LogP contribution in [0.5, 0.6) is 0 Å². The standard InChI is InChI=1S/C13H26N3O/c1-4-5-6-7-8-9-10-13(2,3)11-17-12-15-16-14/h12H,4-11H2,1-3H3/q-1/b15-12-. The number of nitrogens with zero attached hydrogens (tertiary/aromatic N) is 3. The van der Waals surface area contributed by atoms with Gasteiger partial charge < -0.3 is 15.4 Å². The fourth-order valence-electron chi connectivity index (χ4n) is 1.77. The maximum atomic E-state index is 8.09. The Bertz CT molecular complexity index is 215. The van der Waals surface area contributed by atoms with Crippen LogP contribution in [0.4, 0.5) is 0 Å². The Kier molecular flexibility index (Phi) is 9.68. The molecule has 0 unspecified atom stereocenters. The third kappa shape index (κ3) is 11.3. The molecule has 0 aliphatic carbocycles. The van der Waals surface area contributed by atoms with Gasteiger partial charge in [0, 0.05) is 0 Å². The summed E-state index contributed by atoms with van der Waals surface area (Å²) in [5.74, 6) is 0. The van der Waals surface area contributed by atoms with Crippen molar-refractivity contribution in [3.8, 4) is 0 Å². The van der Waals surface area contributed by atoms with E-state index in [-0.39, 0.29) is 5.41 Å². The first kappa shape index (κ1) is 16.1. The molecule has 0 bridgehead atoms. The van der Waals surface area contributed by atoms with Gasteiger partial charge in [-0.1, -0.05) is 59.3 Å². The predicted molar refractivity (Wildman–Crippen MR) is 72.0 cm³/mol. The predicted octanol–water partition coefficient (Wildman–Crippen LogP) is 4.74.